The van der Waals surface area contributed by atoms with Crippen LogP contribution in [0.3, 0.4) is 0 Å². The summed E-state index contributed by atoms with van der Waals surface area (Å²) >= 11 is 7.82. The third-order valence-corrected chi connectivity index (χ3v) is 5.81. The zero-order valence-corrected chi connectivity index (χ0v) is 15.8. The van der Waals surface area contributed by atoms with Crippen LogP contribution in [0.2, 0.25) is 5.02 Å². The van der Waals surface area contributed by atoms with Crippen LogP contribution in [0.4, 0.5) is 0 Å². The Morgan fingerprint density at radius 1 is 0.840 bits per heavy atom. The maximum absolute atomic E-state index is 13.2. The monoisotopic (exact) mass is 366 g/mol. The van der Waals surface area contributed by atoms with Crippen molar-refractivity contribution in [1.29, 1.82) is 0 Å². The zero-order chi connectivity index (χ0) is 17.8. The number of Topliss-reactive ketones (excluding diaryl/α,β-unsaturated/α-hetero) is 1. The lowest BCUT2D eigenvalue weighted by molar-refractivity contribution is 0.0989. The molecule has 0 fully saturated rings. The Hall–Kier alpha value is -2.03. The first-order valence-corrected chi connectivity index (χ1v) is 9.39. The first kappa shape index (κ1) is 17.8. The van der Waals surface area contributed by atoms with Crippen LogP contribution in [-0.4, -0.2) is 5.78 Å². The fourth-order valence-corrected chi connectivity index (χ4v) is 3.95. The molecule has 0 radical (unpaired) electrons. The van der Waals surface area contributed by atoms with Gasteiger partial charge in [-0.05, 0) is 31.5 Å². The molecule has 0 spiro atoms. The van der Waals surface area contributed by atoms with Crippen molar-refractivity contribution in [2.24, 2.45) is 0 Å². The van der Waals surface area contributed by atoms with E-state index in [0.29, 0.717) is 5.02 Å². The van der Waals surface area contributed by atoms with E-state index in [1.54, 1.807) is 0 Å². The van der Waals surface area contributed by atoms with E-state index in [1.165, 1.54) is 17.3 Å². The lowest BCUT2D eigenvalue weighted by Crippen LogP contribution is -2.10. The van der Waals surface area contributed by atoms with Crippen LogP contribution in [0, 0.1) is 13.8 Å². The van der Waals surface area contributed by atoms with Crippen LogP contribution in [0.25, 0.3) is 0 Å². The summed E-state index contributed by atoms with van der Waals surface area (Å²) in [5.41, 5.74) is 4.02. The summed E-state index contributed by atoms with van der Waals surface area (Å²) in [4.78, 5) is 14.1. The topological polar surface area (TPSA) is 17.1 Å². The molecule has 0 aromatic heterocycles. The molecule has 0 heterocycles. The van der Waals surface area contributed by atoms with Crippen LogP contribution < -0.4 is 0 Å². The van der Waals surface area contributed by atoms with Gasteiger partial charge in [-0.25, -0.2) is 0 Å². The molecule has 1 nitrogen and oxygen atoms in total. The van der Waals surface area contributed by atoms with Crippen molar-refractivity contribution in [3.05, 3.63) is 100 Å². The van der Waals surface area contributed by atoms with Crippen LogP contribution in [0.15, 0.2) is 77.7 Å². The minimum atomic E-state index is -0.330. The summed E-state index contributed by atoms with van der Waals surface area (Å²) in [6.45, 7) is 4.06. The van der Waals surface area contributed by atoms with Crippen molar-refractivity contribution in [3.8, 4) is 0 Å². The highest BCUT2D eigenvalue weighted by molar-refractivity contribution is 8.00. The largest absolute Gasteiger partial charge is 0.293 e. The molecule has 0 saturated carbocycles. The lowest BCUT2D eigenvalue weighted by atomic mass is 10.0. The number of ketones is 1. The fraction of sp³-hybridized carbons (Fsp3) is 0.136. The van der Waals surface area contributed by atoms with Crippen molar-refractivity contribution in [1.82, 2.24) is 0 Å². The van der Waals surface area contributed by atoms with Gasteiger partial charge >= 0.3 is 0 Å². The van der Waals surface area contributed by atoms with Gasteiger partial charge in [0.25, 0.3) is 0 Å². The van der Waals surface area contributed by atoms with Crippen molar-refractivity contribution in [2.45, 2.75) is 24.0 Å². The molecule has 126 valence electrons. The van der Waals surface area contributed by atoms with Crippen molar-refractivity contribution >= 4 is 29.1 Å². The second-order valence-corrected chi connectivity index (χ2v) is 7.62. The summed E-state index contributed by atoms with van der Waals surface area (Å²) < 4.78 is 0. The molecular weight excluding hydrogens is 348 g/mol. The molecule has 0 aliphatic rings. The van der Waals surface area contributed by atoms with E-state index in [0.717, 1.165) is 21.6 Å². The van der Waals surface area contributed by atoms with Crippen molar-refractivity contribution in [3.63, 3.8) is 0 Å². The Bertz CT molecular complexity index is 869. The number of halogens is 1. The summed E-state index contributed by atoms with van der Waals surface area (Å²) in [7, 11) is 0. The number of hydrogen-bond acceptors (Lipinski definition) is 2. The zero-order valence-electron chi connectivity index (χ0n) is 14.2. The number of benzene rings is 3. The third kappa shape index (κ3) is 4.33. The number of rotatable bonds is 5. The molecule has 0 aliphatic heterocycles. The first-order chi connectivity index (χ1) is 12.0. The Kier molecular flexibility index (Phi) is 5.62. The maximum Gasteiger partial charge on any atom is 0.180 e. The van der Waals surface area contributed by atoms with Gasteiger partial charge in [-0.3, -0.25) is 4.79 Å². The molecular formula is C22H19ClOS. The fourth-order valence-electron chi connectivity index (χ4n) is 2.55. The van der Waals surface area contributed by atoms with E-state index in [4.69, 9.17) is 11.6 Å². The number of carbonyl (C=O) groups is 1. The van der Waals surface area contributed by atoms with E-state index in [1.807, 2.05) is 86.6 Å². The molecule has 3 heteroatoms. The van der Waals surface area contributed by atoms with Crippen LogP contribution >= 0.6 is 23.4 Å². The van der Waals surface area contributed by atoms with E-state index in [2.05, 4.69) is 0 Å². The SMILES string of the molecule is Cc1ccc(C(=O)[C@H](Sc2ccccc2Cl)c2ccc(C)cc2)cc1. The molecule has 0 unspecified atom stereocenters. The van der Waals surface area contributed by atoms with Gasteiger partial charge in [0.15, 0.2) is 5.78 Å². The minimum Gasteiger partial charge on any atom is -0.293 e. The van der Waals surface area contributed by atoms with Gasteiger partial charge in [-0.2, -0.15) is 0 Å². The van der Waals surface area contributed by atoms with Gasteiger partial charge in [0.2, 0.25) is 0 Å². The molecule has 3 rings (SSSR count). The first-order valence-electron chi connectivity index (χ1n) is 8.13. The van der Waals surface area contributed by atoms with Crippen LogP contribution in [0.5, 0.6) is 0 Å². The molecule has 1 atom stereocenters. The van der Waals surface area contributed by atoms with Crippen molar-refractivity contribution < 1.29 is 4.79 Å². The quantitative estimate of drug-likeness (QED) is 0.370. The second-order valence-electron chi connectivity index (χ2n) is 6.07. The molecule has 0 bridgehead atoms. The summed E-state index contributed by atoms with van der Waals surface area (Å²) in [5.74, 6) is 0.0915. The van der Waals surface area contributed by atoms with E-state index < -0.39 is 0 Å². The number of aryl methyl sites for hydroxylation is 2. The highest BCUT2D eigenvalue weighted by atomic mass is 35.5. The Balaban J connectivity index is 1.99. The highest BCUT2D eigenvalue weighted by Crippen LogP contribution is 2.40. The molecule has 0 aliphatic carbocycles. The number of carbonyl (C=O) groups excluding carboxylic acids is 1. The summed E-state index contributed by atoms with van der Waals surface area (Å²) in [5, 5.41) is 0.338. The van der Waals surface area contributed by atoms with Gasteiger partial charge < -0.3 is 0 Å². The average molecular weight is 367 g/mol. The highest BCUT2D eigenvalue weighted by Gasteiger charge is 2.24. The predicted molar refractivity (Wildman–Crippen MR) is 107 cm³/mol. The smallest absolute Gasteiger partial charge is 0.180 e. The van der Waals surface area contributed by atoms with Gasteiger partial charge in [0, 0.05) is 10.5 Å². The van der Waals surface area contributed by atoms with Gasteiger partial charge in [-0.1, -0.05) is 83.4 Å². The normalized spacial score (nSPS) is 12.0. The summed E-state index contributed by atoms with van der Waals surface area (Å²) in [6.07, 6.45) is 0. The molecule has 25 heavy (non-hydrogen) atoms. The Morgan fingerprint density at radius 2 is 1.40 bits per heavy atom. The predicted octanol–water partition coefficient (Wildman–Crippen LogP) is 6.67. The second kappa shape index (κ2) is 7.90. The summed E-state index contributed by atoms with van der Waals surface area (Å²) in [6, 6.07) is 23.5. The molecule has 3 aromatic carbocycles. The molecule has 0 amide bonds. The Morgan fingerprint density at radius 3 is 2.00 bits per heavy atom. The third-order valence-electron chi connectivity index (χ3n) is 4.04. The standard InChI is InChI=1S/C22H19ClOS/c1-15-7-11-17(12-8-15)21(24)22(18-13-9-16(2)10-14-18)25-20-6-4-3-5-19(20)23/h3-14,22H,1-2H3/t22-/m1/s1. The number of hydrogen-bond donors (Lipinski definition) is 0. The van der Waals surface area contributed by atoms with E-state index >= 15 is 0 Å². The number of thioether (sulfide) groups is 1. The van der Waals surface area contributed by atoms with Gasteiger partial charge in [-0.15, -0.1) is 11.8 Å². The molecule has 0 N–H and O–H groups in total. The van der Waals surface area contributed by atoms with Crippen LogP contribution in [0.1, 0.15) is 32.3 Å². The van der Waals surface area contributed by atoms with Crippen LogP contribution in [-0.2, 0) is 0 Å². The maximum atomic E-state index is 13.2. The minimum absolute atomic E-state index is 0.0915. The molecule has 0 saturated heterocycles. The van der Waals surface area contributed by atoms with E-state index in [9.17, 15) is 4.79 Å². The van der Waals surface area contributed by atoms with Crippen molar-refractivity contribution in [2.75, 3.05) is 0 Å². The lowest BCUT2D eigenvalue weighted by Gasteiger charge is -2.17. The average Bonchev–Trinajstić information content (AvgIpc) is 2.62. The van der Waals surface area contributed by atoms with Gasteiger partial charge in [0.05, 0.1) is 10.3 Å². The van der Waals surface area contributed by atoms with E-state index in [-0.39, 0.29) is 11.0 Å². The Labute approximate surface area is 158 Å². The molecule has 3 aromatic rings. The van der Waals surface area contributed by atoms with Gasteiger partial charge in [0.1, 0.15) is 0 Å².